The molecule has 1 aliphatic heterocycles. The number of nitrogens with one attached hydrogen (secondary N) is 3. The lowest BCUT2D eigenvalue weighted by Gasteiger charge is -2.33. The van der Waals surface area contributed by atoms with Crippen molar-refractivity contribution in [3.05, 3.63) is 72.1 Å². The van der Waals surface area contributed by atoms with Crippen molar-refractivity contribution in [2.24, 2.45) is 5.92 Å². The van der Waals surface area contributed by atoms with Crippen molar-refractivity contribution in [1.29, 1.82) is 0 Å². The Balaban J connectivity index is 1.30. The number of carbonyl (C=O) groups is 2. The summed E-state index contributed by atoms with van der Waals surface area (Å²) in [6.45, 7) is 2.23. The molecule has 0 aliphatic carbocycles. The minimum atomic E-state index is -0.708. The molecule has 0 bridgehead atoms. The van der Waals surface area contributed by atoms with E-state index < -0.39 is 17.5 Å². The van der Waals surface area contributed by atoms with Gasteiger partial charge >= 0.3 is 6.03 Å². The van der Waals surface area contributed by atoms with Gasteiger partial charge in [0.1, 0.15) is 18.0 Å². The van der Waals surface area contributed by atoms with Crippen LogP contribution in [0.25, 0.3) is 0 Å². The third kappa shape index (κ3) is 9.15. The monoisotopic (exact) mass is 583 g/mol. The number of aromatic nitrogens is 2. The molecule has 10 nitrogen and oxygen atoms in total. The van der Waals surface area contributed by atoms with Crippen molar-refractivity contribution in [2.75, 3.05) is 44.4 Å². The molecule has 3 amide bonds. The number of rotatable bonds is 8. The van der Waals surface area contributed by atoms with E-state index in [0.29, 0.717) is 24.6 Å². The Morgan fingerprint density at radius 1 is 1.10 bits per heavy atom. The summed E-state index contributed by atoms with van der Waals surface area (Å²) < 4.78 is 33.4. The van der Waals surface area contributed by atoms with Crippen molar-refractivity contribution in [3.63, 3.8) is 0 Å². The Kier molecular flexibility index (Phi) is 10.1. The predicted octanol–water partition coefficient (Wildman–Crippen LogP) is 4.41. The number of hydrogen-bond acceptors (Lipinski definition) is 7. The van der Waals surface area contributed by atoms with Gasteiger partial charge in [0.25, 0.3) is 0 Å². The van der Waals surface area contributed by atoms with E-state index in [9.17, 15) is 18.4 Å². The molecule has 1 aliphatic rings. The SMILES string of the molecule is CN(C)C[C@H]1CCCN(C(=O)Nc2cc(Oc3ccc(NC(=S)NC(=O)Cc4ccc(F)cc4)cc3F)ncn2)C1. The molecular formula is C28H31F2N7O3S. The maximum Gasteiger partial charge on any atom is 0.323 e. The lowest BCUT2D eigenvalue weighted by Crippen LogP contribution is -2.44. The van der Waals surface area contributed by atoms with Gasteiger partial charge in [-0.1, -0.05) is 12.1 Å². The van der Waals surface area contributed by atoms with Crippen LogP contribution in [0, 0.1) is 17.6 Å². The maximum atomic E-state index is 14.8. The average Bonchev–Trinajstić information content (AvgIpc) is 2.91. The van der Waals surface area contributed by atoms with E-state index in [1.54, 1.807) is 4.90 Å². The molecule has 41 heavy (non-hydrogen) atoms. The van der Waals surface area contributed by atoms with Crippen molar-refractivity contribution >= 4 is 40.8 Å². The highest BCUT2D eigenvalue weighted by Gasteiger charge is 2.24. The van der Waals surface area contributed by atoms with Crippen LogP contribution in [0.15, 0.2) is 54.9 Å². The van der Waals surface area contributed by atoms with E-state index in [1.807, 2.05) is 14.1 Å². The van der Waals surface area contributed by atoms with Gasteiger partial charge in [0, 0.05) is 37.5 Å². The summed E-state index contributed by atoms with van der Waals surface area (Å²) in [5, 5.41) is 7.97. The predicted molar refractivity (Wildman–Crippen MR) is 155 cm³/mol. The van der Waals surface area contributed by atoms with Gasteiger partial charge in [-0.15, -0.1) is 0 Å². The second kappa shape index (κ2) is 13.9. The van der Waals surface area contributed by atoms with Gasteiger partial charge in [0.05, 0.1) is 6.42 Å². The highest BCUT2D eigenvalue weighted by Crippen LogP contribution is 2.27. The molecule has 1 aromatic heterocycles. The molecule has 3 N–H and O–H groups in total. The number of carbonyl (C=O) groups excluding carboxylic acids is 2. The third-order valence-corrected chi connectivity index (χ3v) is 6.45. The summed E-state index contributed by atoms with van der Waals surface area (Å²) in [5.41, 5.74) is 0.901. The zero-order valence-corrected chi connectivity index (χ0v) is 23.5. The molecule has 1 atom stereocenters. The summed E-state index contributed by atoms with van der Waals surface area (Å²) in [4.78, 5) is 37.0. The van der Waals surface area contributed by atoms with Crippen LogP contribution in [0.1, 0.15) is 18.4 Å². The minimum absolute atomic E-state index is 0.000379. The Hall–Kier alpha value is -4.23. The van der Waals surface area contributed by atoms with E-state index in [4.69, 9.17) is 17.0 Å². The first kappa shape index (κ1) is 29.7. The topological polar surface area (TPSA) is 112 Å². The molecule has 0 radical (unpaired) electrons. The highest BCUT2D eigenvalue weighted by atomic mass is 32.1. The number of urea groups is 1. The van der Waals surface area contributed by atoms with Crippen LogP contribution in [-0.4, -0.2) is 70.5 Å². The zero-order chi connectivity index (χ0) is 29.4. The van der Waals surface area contributed by atoms with Crippen LogP contribution < -0.4 is 20.7 Å². The number of anilines is 2. The third-order valence-electron chi connectivity index (χ3n) is 6.24. The first-order valence-corrected chi connectivity index (χ1v) is 13.4. The number of thiocarbonyl (C=S) groups is 1. The van der Waals surface area contributed by atoms with Crippen LogP contribution in [0.2, 0.25) is 0 Å². The van der Waals surface area contributed by atoms with Crippen molar-refractivity contribution in [3.8, 4) is 11.6 Å². The molecule has 0 spiro atoms. The van der Waals surface area contributed by atoms with Gasteiger partial charge in [0.2, 0.25) is 11.8 Å². The minimum Gasteiger partial charge on any atom is -0.436 e. The molecule has 2 heterocycles. The van der Waals surface area contributed by atoms with Gasteiger partial charge in [-0.2, -0.15) is 0 Å². The first-order valence-electron chi connectivity index (χ1n) is 13.0. The number of benzene rings is 2. The molecule has 1 saturated heterocycles. The molecule has 2 aromatic carbocycles. The van der Waals surface area contributed by atoms with Crippen LogP contribution in [-0.2, 0) is 11.2 Å². The Morgan fingerprint density at radius 3 is 2.61 bits per heavy atom. The zero-order valence-electron chi connectivity index (χ0n) is 22.7. The van der Waals surface area contributed by atoms with Crippen molar-refractivity contribution in [1.82, 2.24) is 25.1 Å². The van der Waals surface area contributed by atoms with Crippen molar-refractivity contribution < 1.29 is 23.1 Å². The maximum absolute atomic E-state index is 14.8. The fourth-order valence-corrected chi connectivity index (χ4v) is 4.69. The Bertz CT molecular complexity index is 1390. The summed E-state index contributed by atoms with van der Waals surface area (Å²) in [7, 11) is 4.03. The van der Waals surface area contributed by atoms with E-state index in [-0.39, 0.29) is 40.7 Å². The largest absolute Gasteiger partial charge is 0.436 e. The van der Waals surface area contributed by atoms with E-state index in [1.165, 1.54) is 48.8 Å². The van der Waals surface area contributed by atoms with Crippen LogP contribution in [0.3, 0.4) is 0 Å². The van der Waals surface area contributed by atoms with E-state index in [0.717, 1.165) is 25.5 Å². The smallest absolute Gasteiger partial charge is 0.323 e. The second-order valence-corrected chi connectivity index (χ2v) is 10.3. The molecule has 4 rings (SSSR count). The summed E-state index contributed by atoms with van der Waals surface area (Å²) in [5.74, 6) is -0.941. The normalized spacial score (nSPS) is 14.9. The highest BCUT2D eigenvalue weighted by molar-refractivity contribution is 7.80. The van der Waals surface area contributed by atoms with Gasteiger partial charge in [-0.3, -0.25) is 10.1 Å². The summed E-state index contributed by atoms with van der Waals surface area (Å²) in [6.07, 6.45) is 3.23. The van der Waals surface area contributed by atoms with Gasteiger partial charge in [-0.05, 0) is 74.9 Å². The second-order valence-electron chi connectivity index (χ2n) is 9.94. The van der Waals surface area contributed by atoms with Gasteiger partial charge in [-0.25, -0.2) is 23.5 Å². The van der Waals surface area contributed by atoms with Crippen LogP contribution in [0.5, 0.6) is 11.6 Å². The summed E-state index contributed by atoms with van der Waals surface area (Å²) in [6, 6.07) is 10.7. The Morgan fingerprint density at radius 2 is 1.88 bits per heavy atom. The van der Waals surface area contributed by atoms with E-state index in [2.05, 4.69) is 30.8 Å². The molecule has 0 unspecified atom stereocenters. The quantitative estimate of drug-likeness (QED) is 0.335. The number of ether oxygens (including phenoxy) is 1. The van der Waals surface area contributed by atoms with Crippen LogP contribution in [0.4, 0.5) is 25.1 Å². The average molecular weight is 584 g/mol. The van der Waals surface area contributed by atoms with Crippen molar-refractivity contribution in [2.45, 2.75) is 19.3 Å². The first-order chi connectivity index (χ1) is 19.6. The lowest BCUT2D eigenvalue weighted by molar-refractivity contribution is -0.119. The summed E-state index contributed by atoms with van der Waals surface area (Å²) >= 11 is 5.14. The Labute approximate surface area is 242 Å². The molecular weight excluding hydrogens is 552 g/mol. The number of nitrogens with zero attached hydrogens (tertiary/aromatic N) is 4. The van der Waals surface area contributed by atoms with Crippen LogP contribution >= 0.6 is 12.2 Å². The number of hydrogen-bond donors (Lipinski definition) is 3. The van der Waals surface area contributed by atoms with Gasteiger partial charge < -0.3 is 25.2 Å². The molecule has 13 heteroatoms. The molecule has 0 saturated carbocycles. The fraction of sp³-hybridized carbons (Fsp3) is 0.321. The fourth-order valence-electron chi connectivity index (χ4n) is 4.46. The lowest BCUT2D eigenvalue weighted by atomic mass is 9.98. The van der Waals surface area contributed by atoms with Gasteiger partial charge in [0.15, 0.2) is 16.7 Å². The number of piperidine rings is 1. The standard InChI is InChI=1S/C28H31F2N7O3S/c1-36(2)15-19-4-3-11-37(16-19)28(39)34-24-14-26(32-17-31-24)40-23-10-9-21(13-22(23)30)33-27(41)35-25(38)12-18-5-7-20(29)8-6-18/h5-10,13-14,17,19H,3-4,11-12,15-16H2,1-2H3,(H,31,32,34,39)(H2,33,35,38,41)/t19-/m1/s1. The van der Waals surface area contributed by atoms with E-state index >= 15 is 0 Å². The molecule has 216 valence electrons. The molecule has 1 fully saturated rings. The number of likely N-dealkylation sites (tertiary alicyclic amines) is 1. The number of halogens is 2. The molecule has 3 aromatic rings. The number of amides is 3.